The molecule has 1 aromatic carbocycles. The van der Waals surface area contributed by atoms with Crippen molar-refractivity contribution in [3.05, 3.63) is 35.4 Å². The summed E-state index contributed by atoms with van der Waals surface area (Å²) in [5.74, 6) is -0.343. The zero-order chi connectivity index (χ0) is 20.4. The normalized spacial score (nSPS) is 23.6. The molecular formula is C20H27N3O4S. The van der Waals surface area contributed by atoms with Crippen LogP contribution in [0.1, 0.15) is 48.5 Å². The minimum Gasteiger partial charge on any atom is -0.394 e. The topological polar surface area (TPSA) is 98.7 Å². The van der Waals surface area contributed by atoms with E-state index < -0.39 is 18.1 Å². The standard InChI is InChI=1S/C20H27N3O4S/c1-4-11(2)16(18(26)21-12(3)9-24)22-17(25)15-10-28-20-14-8-6-5-7-13(14)19(27)23(15)20/h5-8,11-12,15-16,20,24H,4,9-10H2,1-3H3,(H,21,26)(H,22,25)/t11-,12+,15+,16+,20-/m1/s1. The van der Waals surface area contributed by atoms with E-state index in [1.54, 1.807) is 29.7 Å². The van der Waals surface area contributed by atoms with Crippen molar-refractivity contribution in [2.45, 2.75) is 50.7 Å². The van der Waals surface area contributed by atoms with Gasteiger partial charge in [-0.2, -0.15) is 0 Å². The molecule has 8 heteroatoms. The number of benzene rings is 1. The maximum atomic E-state index is 13.0. The fourth-order valence-electron chi connectivity index (χ4n) is 3.57. The van der Waals surface area contributed by atoms with Gasteiger partial charge in [-0.05, 0) is 24.5 Å². The van der Waals surface area contributed by atoms with Crippen LogP contribution in [0, 0.1) is 5.92 Å². The number of carbonyl (C=O) groups is 3. The summed E-state index contributed by atoms with van der Waals surface area (Å²) in [6.07, 6.45) is 0.710. The molecule has 0 aliphatic carbocycles. The van der Waals surface area contributed by atoms with Crippen molar-refractivity contribution in [2.75, 3.05) is 12.4 Å². The number of rotatable bonds is 7. The predicted octanol–water partition coefficient (Wildman–Crippen LogP) is 1.28. The highest BCUT2D eigenvalue weighted by Gasteiger charge is 2.48. The lowest BCUT2D eigenvalue weighted by atomic mass is 9.97. The van der Waals surface area contributed by atoms with Crippen molar-refractivity contribution < 1.29 is 19.5 Å². The Morgan fingerprint density at radius 3 is 2.68 bits per heavy atom. The largest absolute Gasteiger partial charge is 0.394 e. The Morgan fingerprint density at radius 1 is 1.29 bits per heavy atom. The van der Waals surface area contributed by atoms with Gasteiger partial charge in [0.05, 0.1) is 6.61 Å². The van der Waals surface area contributed by atoms with Gasteiger partial charge in [-0.25, -0.2) is 0 Å². The Balaban J connectivity index is 1.74. The number of hydrogen-bond acceptors (Lipinski definition) is 5. The molecule has 7 nitrogen and oxygen atoms in total. The van der Waals surface area contributed by atoms with Gasteiger partial charge in [0.1, 0.15) is 17.5 Å². The molecule has 2 aliphatic heterocycles. The zero-order valence-corrected chi connectivity index (χ0v) is 17.2. The van der Waals surface area contributed by atoms with Crippen molar-refractivity contribution in [3.8, 4) is 0 Å². The summed E-state index contributed by atoms with van der Waals surface area (Å²) < 4.78 is 0. The summed E-state index contributed by atoms with van der Waals surface area (Å²) in [6.45, 7) is 5.38. The SMILES string of the molecule is CC[C@@H](C)[C@H](NC(=O)[C@@H]1CS[C@@H]2c3ccccc3C(=O)N21)C(=O)N[C@@H](C)CO. The van der Waals surface area contributed by atoms with E-state index in [4.69, 9.17) is 0 Å². The summed E-state index contributed by atoms with van der Waals surface area (Å²) >= 11 is 1.57. The molecule has 2 aliphatic rings. The van der Waals surface area contributed by atoms with Gasteiger partial charge in [0.25, 0.3) is 5.91 Å². The monoisotopic (exact) mass is 405 g/mol. The fraction of sp³-hybridized carbons (Fsp3) is 0.550. The number of hydrogen-bond donors (Lipinski definition) is 3. The van der Waals surface area contributed by atoms with Crippen LogP contribution in [0.2, 0.25) is 0 Å². The van der Waals surface area contributed by atoms with Crippen molar-refractivity contribution in [3.63, 3.8) is 0 Å². The molecular weight excluding hydrogens is 378 g/mol. The molecule has 1 saturated heterocycles. The van der Waals surface area contributed by atoms with E-state index in [0.29, 0.717) is 17.7 Å². The number of nitrogens with one attached hydrogen (secondary N) is 2. The Kier molecular flexibility index (Phi) is 6.30. The first-order valence-corrected chi connectivity index (χ1v) is 10.7. The molecule has 3 amide bonds. The minimum atomic E-state index is -0.712. The Bertz CT molecular complexity index is 772. The van der Waals surface area contributed by atoms with E-state index in [2.05, 4.69) is 10.6 Å². The summed E-state index contributed by atoms with van der Waals surface area (Å²) in [4.78, 5) is 40.1. The lowest BCUT2D eigenvalue weighted by molar-refractivity contribution is -0.132. The highest BCUT2D eigenvalue weighted by molar-refractivity contribution is 7.99. The van der Waals surface area contributed by atoms with Crippen molar-refractivity contribution >= 4 is 29.5 Å². The van der Waals surface area contributed by atoms with Gasteiger partial charge in [0, 0.05) is 17.4 Å². The van der Waals surface area contributed by atoms with Crippen LogP contribution in [0.4, 0.5) is 0 Å². The average molecular weight is 406 g/mol. The second-order valence-electron chi connectivity index (χ2n) is 7.47. The van der Waals surface area contributed by atoms with Crippen LogP contribution in [0.3, 0.4) is 0 Å². The van der Waals surface area contributed by atoms with Crippen molar-refractivity contribution in [1.82, 2.24) is 15.5 Å². The first-order valence-electron chi connectivity index (χ1n) is 9.63. The highest BCUT2D eigenvalue weighted by Crippen LogP contribution is 2.48. The van der Waals surface area contributed by atoms with Crippen LogP contribution in [0.5, 0.6) is 0 Å². The summed E-state index contributed by atoms with van der Waals surface area (Å²) in [5.41, 5.74) is 1.59. The average Bonchev–Trinajstić information content (AvgIpc) is 3.25. The van der Waals surface area contributed by atoms with Gasteiger partial charge in [0.2, 0.25) is 11.8 Å². The van der Waals surface area contributed by atoms with E-state index in [1.165, 1.54) is 0 Å². The van der Waals surface area contributed by atoms with E-state index in [0.717, 1.165) is 5.56 Å². The van der Waals surface area contributed by atoms with E-state index in [9.17, 15) is 19.5 Å². The maximum absolute atomic E-state index is 13.0. The van der Waals surface area contributed by atoms with Gasteiger partial charge in [-0.15, -0.1) is 11.8 Å². The number of aliphatic hydroxyl groups is 1. The lowest BCUT2D eigenvalue weighted by Gasteiger charge is -2.28. The highest BCUT2D eigenvalue weighted by atomic mass is 32.2. The maximum Gasteiger partial charge on any atom is 0.256 e. The fourth-order valence-corrected chi connectivity index (χ4v) is 5.04. The molecule has 2 heterocycles. The number of thioether (sulfide) groups is 1. The molecule has 1 fully saturated rings. The van der Waals surface area contributed by atoms with Gasteiger partial charge in [0.15, 0.2) is 0 Å². The third-order valence-corrected chi connectivity index (χ3v) is 6.76. The Hall–Kier alpha value is -2.06. The minimum absolute atomic E-state index is 0.0776. The van der Waals surface area contributed by atoms with Crippen LogP contribution in [-0.2, 0) is 9.59 Å². The molecule has 28 heavy (non-hydrogen) atoms. The smallest absolute Gasteiger partial charge is 0.256 e. The lowest BCUT2D eigenvalue weighted by Crippen LogP contribution is -2.56. The van der Waals surface area contributed by atoms with Gasteiger partial charge >= 0.3 is 0 Å². The van der Waals surface area contributed by atoms with E-state index >= 15 is 0 Å². The third-order valence-electron chi connectivity index (χ3n) is 5.45. The predicted molar refractivity (Wildman–Crippen MR) is 108 cm³/mol. The number of nitrogens with zero attached hydrogens (tertiary/aromatic N) is 1. The van der Waals surface area contributed by atoms with Crippen LogP contribution >= 0.6 is 11.8 Å². The molecule has 0 saturated carbocycles. The van der Waals surface area contributed by atoms with Gasteiger partial charge < -0.3 is 20.6 Å². The van der Waals surface area contributed by atoms with Crippen LogP contribution in [-0.4, -0.2) is 58.2 Å². The number of aliphatic hydroxyl groups excluding tert-OH is 1. The molecule has 0 spiro atoms. The molecule has 5 atom stereocenters. The Labute approximate surface area is 169 Å². The van der Waals surface area contributed by atoms with Gasteiger partial charge in [-0.3, -0.25) is 14.4 Å². The second-order valence-corrected chi connectivity index (χ2v) is 8.58. The van der Waals surface area contributed by atoms with Crippen LogP contribution in [0.25, 0.3) is 0 Å². The summed E-state index contributed by atoms with van der Waals surface area (Å²) in [7, 11) is 0. The van der Waals surface area contributed by atoms with Gasteiger partial charge in [-0.1, -0.05) is 38.5 Å². The second kappa shape index (κ2) is 8.53. The van der Waals surface area contributed by atoms with Crippen LogP contribution < -0.4 is 10.6 Å². The summed E-state index contributed by atoms with van der Waals surface area (Å²) in [5, 5.41) is 14.6. The zero-order valence-electron chi connectivity index (χ0n) is 16.3. The van der Waals surface area contributed by atoms with E-state index in [-0.39, 0.29) is 35.6 Å². The van der Waals surface area contributed by atoms with Crippen LogP contribution in [0.15, 0.2) is 24.3 Å². The Morgan fingerprint density at radius 2 is 2.00 bits per heavy atom. The number of fused-ring (bicyclic) bond motifs is 3. The number of carbonyl (C=O) groups excluding carboxylic acids is 3. The first kappa shape index (κ1) is 20.7. The van der Waals surface area contributed by atoms with Crippen molar-refractivity contribution in [1.29, 1.82) is 0 Å². The number of amides is 3. The molecule has 0 radical (unpaired) electrons. The van der Waals surface area contributed by atoms with Crippen molar-refractivity contribution in [2.24, 2.45) is 5.92 Å². The molecule has 1 aromatic rings. The molecule has 152 valence electrons. The molecule has 0 unspecified atom stereocenters. The molecule has 0 aromatic heterocycles. The van der Waals surface area contributed by atoms with E-state index in [1.807, 2.05) is 32.0 Å². The molecule has 0 bridgehead atoms. The summed E-state index contributed by atoms with van der Waals surface area (Å²) in [6, 6.07) is 5.73. The quantitative estimate of drug-likeness (QED) is 0.635. The third kappa shape index (κ3) is 3.75. The molecule has 3 N–H and O–H groups in total. The first-order chi connectivity index (χ1) is 13.4. The molecule has 3 rings (SSSR count).